The Hall–Kier alpha value is -8.65. The van der Waals surface area contributed by atoms with Gasteiger partial charge in [-0.2, -0.15) is 0 Å². The predicted octanol–water partition coefficient (Wildman–Crippen LogP) is 9.41. The average molecular weight is 783 g/mol. The van der Waals surface area contributed by atoms with Gasteiger partial charge in [-0.3, -0.25) is 0 Å². The van der Waals surface area contributed by atoms with Crippen molar-refractivity contribution in [3.8, 4) is 85.8 Å². The van der Waals surface area contributed by atoms with Gasteiger partial charge in [-0.1, -0.05) is 78.9 Å². The lowest BCUT2D eigenvalue weighted by Gasteiger charge is -2.14. The van der Waals surface area contributed by atoms with Crippen LogP contribution in [-0.2, 0) is 0 Å². The Morgan fingerprint density at radius 1 is 0.373 bits per heavy atom. The topological polar surface area (TPSA) is 232 Å². The first-order chi connectivity index (χ1) is 28.6. The molecule has 14 heteroatoms. The molecule has 0 aliphatic carbocycles. The standard InChI is InChI=1S/C45H26N4O10/c50-34-30-31-33(37(53)41(57)39(55)35(31)51)49(32(30)36(52)40(56)38(34)54)24-15-8-18-27-29(24)28-22(13-7-17-26(28)58-27)44-46-43(19-9-2-1-3-10-19)47-45(48-44)23-14-6-12-21-20-11-4-5-16-25(20)59-42(21)23/h1-18,50-57H. The van der Waals surface area contributed by atoms with Gasteiger partial charge in [-0.25, -0.2) is 15.0 Å². The number of phenolic OH excluding ortho intramolecular Hbond substituents is 8. The molecule has 0 radical (unpaired) electrons. The highest BCUT2D eigenvalue weighted by Gasteiger charge is 2.33. The molecule has 7 aromatic carbocycles. The van der Waals surface area contributed by atoms with Gasteiger partial charge in [0, 0.05) is 27.3 Å². The SMILES string of the molecule is Oc1c(O)c(O)c2c(c1O)c1c(O)c(O)c(O)c(O)c1n2-c1cccc2oc3cccc(-c4nc(-c5ccccc5)nc(-c5cccc6c5oc5ccccc56)n4)c3c12. The monoisotopic (exact) mass is 782 g/mol. The van der Waals surface area contributed by atoms with E-state index in [-0.39, 0.29) is 11.5 Å². The Morgan fingerprint density at radius 3 is 1.58 bits per heavy atom. The van der Waals surface area contributed by atoms with Gasteiger partial charge in [-0.05, 0) is 30.3 Å². The third-order valence-corrected chi connectivity index (χ3v) is 10.7. The fourth-order valence-electron chi connectivity index (χ4n) is 8.11. The van der Waals surface area contributed by atoms with Crippen LogP contribution in [0.1, 0.15) is 0 Å². The van der Waals surface area contributed by atoms with E-state index in [0.29, 0.717) is 61.4 Å². The van der Waals surface area contributed by atoms with Crippen molar-refractivity contribution in [2.24, 2.45) is 0 Å². The molecule has 0 spiro atoms. The lowest BCUT2D eigenvalue weighted by Crippen LogP contribution is -2.01. The van der Waals surface area contributed by atoms with E-state index < -0.39 is 67.8 Å². The fourth-order valence-corrected chi connectivity index (χ4v) is 8.11. The Labute approximate surface area is 329 Å². The normalized spacial score (nSPS) is 11.9. The summed E-state index contributed by atoms with van der Waals surface area (Å²) in [6.07, 6.45) is 0. The van der Waals surface area contributed by atoms with E-state index in [2.05, 4.69) is 0 Å². The average Bonchev–Trinajstić information content (AvgIpc) is 3.96. The molecule has 0 aliphatic rings. The molecule has 0 saturated heterocycles. The lowest BCUT2D eigenvalue weighted by atomic mass is 10.0. The van der Waals surface area contributed by atoms with Gasteiger partial charge in [0.15, 0.2) is 40.5 Å². The molecule has 14 nitrogen and oxygen atoms in total. The summed E-state index contributed by atoms with van der Waals surface area (Å²) in [5.41, 5.74) is 3.06. The summed E-state index contributed by atoms with van der Waals surface area (Å²) < 4.78 is 13.9. The van der Waals surface area contributed by atoms with Crippen LogP contribution in [0.3, 0.4) is 0 Å². The maximum Gasteiger partial charge on any atom is 0.206 e. The van der Waals surface area contributed by atoms with Crippen molar-refractivity contribution in [3.05, 3.63) is 109 Å². The molecule has 8 N–H and O–H groups in total. The number of fused-ring (bicyclic) bond motifs is 9. The quantitative estimate of drug-likeness (QED) is 0.0615. The van der Waals surface area contributed by atoms with Gasteiger partial charge >= 0.3 is 0 Å². The number of aromatic hydroxyl groups is 8. The van der Waals surface area contributed by atoms with Gasteiger partial charge in [-0.15, -0.1) is 0 Å². The van der Waals surface area contributed by atoms with Crippen LogP contribution >= 0.6 is 0 Å². The minimum atomic E-state index is -1.13. The van der Waals surface area contributed by atoms with Crippen LogP contribution in [0.5, 0.6) is 46.0 Å². The minimum Gasteiger partial charge on any atom is -0.504 e. The number of furan rings is 2. The third-order valence-electron chi connectivity index (χ3n) is 10.7. The molecule has 11 aromatic rings. The largest absolute Gasteiger partial charge is 0.504 e. The second-order valence-corrected chi connectivity index (χ2v) is 14.0. The molecule has 0 saturated carbocycles. The van der Waals surface area contributed by atoms with Crippen molar-refractivity contribution in [2.75, 3.05) is 0 Å². The van der Waals surface area contributed by atoms with E-state index in [0.717, 1.165) is 15.3 Å². The number of nitrogens with zero attached hydrogens (tertiary/aromatic N) is 4. The Kier molecular flexibility index (Phi) is 6.81. The number of benzene rings is 7. The first kappa shape index (κ1) is 33.7. The van der Waals surface area contributed by atoms with E-state index in [9.17, 15) is 40.9 Å². The van der Waals surface area contributed by atoms with Crippen LogP contribution in [0.4, 0.5) is 0 Å². The van der Waals surface area contributed by atoms with Crippen LogP contribution in [0.15, 0.2) is 118 Å². The Balaban J connectivity index is 1.26. The van der Waals surface area contributed by atoms with Gasteiger partial charge in [0.2, 0.25) is 23.0 Å². The molecule has 0 unspecified atom stereocenters. The molecular formula is C45H26N4O10. The second kappa shape index (κ2) is 11.9. The minimum absolute atomic E-state index is 0.137. The lowest BCUT2D eigenvalue weighted by molar-refractivity contribution is 0.350. The molecule has 0 atom stereocenters. The number of hydrogen-bond donors (Lipinski definition) is 8. The fraction of sp³-hybridized carbons (Fsp3) is 0. The highest BCUT2D eigenvalue weighted by molar-refractivity contribution is 6.23. The predicted molar refractivity (Wildman–Crippen MR) is 218 cm³/mol. The Bertz CT molecular complexity index is 3530. The zero-order valence-electron chi connectivity index (χ0n) is 30.1. The van der Waals surface area contributed by atoms with Crippen LogP contribution in [0.2, 0.25) is 0 Å². The zero-order valence-corrected chi connectivity index (χ0v) is 30.1. The van der Waals surface area contributed by atoms with E-state index in [1.54, 1.807) is 36.4 Å². The summed E-state index contributed by atoms with van der Waals surface area (Å²) in [5, 5.41) is 89.5. The molecule has 4 aromatic heterocycles. The number of rotatable bonds is 4. The molecule has 286 valence electrons. The maximum absolute atomic E-state index is 11.4. The second-order valence-electron chi connectivity index (χ2n) is 14.0. The maximum atomic E-state index is 11.4. The van der Waals surface area contributed by atoms with Crippen LogP contribution in [-0.4, -0.2) is 60.4 Å². The van der Waals surface area contributed by atoms with Gasteiger partial charge in [0.05, 0.1) is 27.4 Å². The van der Waals surface area contributed by atoms with Crippen molar-refractivity contribution >= 4 is 65.7 Å². The first-order valence-electron chi connectivity index (χ1n) is 18.1. The van der Waals surface area contributed by atoms with E-state index in [1.165, 1.54) is 0 Å². The Morgan fingerprint density at radius 2 is 0.881 bits per heavy atom. The number of hydrogen-bond acceptors (Lipinski definition) is 13. The molecule has 0 aliphatic heterocycles. The van der Waals surface area contributed by atoms with Crippen molar-refractivity contribution in [2.45, 2.75) is 0 Å². The van der Waals surface area contributed by atoms with E-state index in [1.807, 2.05) is 72.8 Å². The molecule has 0 amide bonds. The smallest absolute Gasteiger partial charge is 0.206 e. The van der Waals surface area contributed by atoms with Crippen LogP contribution < -0.4 is 0 Å². The van der Waals surface area contributed by atoms with E-state index >= 15 is 0 Å². The van der Waals surface area contributed by atoms with Gasteiger partial charge in [0.25, 0.3) is 0 Å². The summed E-state index contributed by atoms with van der Waals surface area (Å²) in [7, 11) is 0. The van der Waals surface area contributed by atoms with E-state index in [4.69, 9.17) is 23.8 Å². The summed E-state index contributed by atoms with van der Waals surface area (Å²) in [4.78, 5) is 15.0. The molecule has 59 heavy (non-hydrogen) atoms. The summed E-state index contributed by atoms with van der Waals surface area (Å²) in [6.45, 7) is 0. The number of para-hydroxylation sites is 2. The molecule has 0 fully saturated rings. The van der Waals surface area contributed by atoms with Crippen LogP contribution in [0.25, 0.3) is 106 Å². The highest BCUT2D eigenvalue weighted by atomic mass is 16.4. The van der Waals surface area contributed by atoms with Crippen molar-refractivity contribution < 1.29 is 49.7 Å². The molecular weight excluding hydrogens is 757 g/mol. The third kappa shape index (κ3) is 4.53. The van der Waals surface area contributed by atoms with Crippen molar-refractivity contribution in [1.82, 2.24) is 19.5 Å². The zero-order chi connectivity index (χ0) is 40.4. The molecule has 0 bridgehead atoms. The summed E-state index contributed by atoms with van der Waals surface area (Å²) in [5.74, 6) is -7.46. The summed E-state index contributed by atoms with van der Waals surface area (Å²) in [6, 6.07) is 33.0. The summed E-state index contributed by atoms with van der Waals surface area (Å²) >= 11 is 0. The van der Waals surface area contributed by atoms with Crippen LogP contribution in [0, 0.1) is 0 Å². The highest BCUT2D eigenvalue weighted by Crippen LogP contribution is 2.59. The van der Waals surface area contributed by atoms with Crippen molar-refractivity contribution in [3.63, 3.8) is 0 Å². The van der Waals surface area contributed by atoms with Gasteiger partial charge in [0.1, 0.15) is 33.4 Å². The number of aromatic nitrogens is 4. The first-order valence-corrected chi connectivity index (χ1v) is 18.1. The van der Waals surface area contributed by atoms with Gasteiger partial charge < -0.3 is 54.3 Å². The molecule has 11 rings (SSSR count). The van der Waals surface area contributed by atoms with Crippen molar-refractivity contribution in [1.29, 1.82) is 0 Å². The molecule has 4 heterocycles. The number of phenols is 8.